The first kappa shape index (κ1) is 30.9. The molecule has 0 spiro atoms. The van der Waals surface area contributed by atoms with Gasteiger partial charge >= 0.3 is 6.03 Å². The maximum atomic E-state index is 12.6. The number of nitrogens with one attached hydrogen (secondary N) is 2. The second-order valence-corrected chi connectivity index (χ2v) is 11.4. The number of para-hydroxylation sites is 2. The number of unbranched alkanes of at least 4 members (excludes halogenated alkanes) is 13. The summed E-state index contributed by atoms with van der Waals surface area (Å²) in [6.45, 7) is 3.83. The van der Waals surface area contributed by atoms with Crippen molar-refractivity contribution in [3.8, 4) is 5.75 Å². The van der Waals surface area contributed by atoms with Crippen LogP contribution in [-0.4, -0.2) is 23.4 Å². The first-order valence-electron chi connectivity index (χ1n) is 15.2. The molecule has 0 radical (unpaired) electrons. The Hall–Kier alpha value is -2.60. The van der Waals surface area contributed by atoms with Gasteiger partial charge in [-0.25, -0.2) is 4.79 Å². The SMILES string of the molecule is CCCCCCCCCCCCCCCCOc1ccccc1NC(=O)Nc1ccc(CN2C=CSC2)cc1. The van der Waals surface area contributed by atoms with E-state index in [1.54, 1.807) is 11.8 Å². The molecule has 1 aliphatic heterocycles. The molecule has 3 rings (SSSR count). The minimum absolute atomic E-state index is 0.269. The number of amides is 2. The number of hydrogen-bond acceptors (Lipinski definition) is 4. The molecule has 2 aromatic carbocycles. The van der Waals surface area contributed by atoms with Crippen LogP contribution in [-0.2, 0) is 6.54 Å². The van der Waals surface area contributed by atoms with Gasteiger partial charge in [-0.1, -0.05) is 115 Å². The molecule has 0 atom stereocenters. The van der Waals surface area contributed by atoms with Gasteiger partial charge in [0, 0.05) is 18.4 Å². The lowest BCUT2D eigenvalue weighted by molar-refractivity contribution is 0.261. The van der Waals surface area contributed by atoms with Gasteiger partial charge in [0.15, 0.2) is 0 Å². The normalized spacial score (nSPS) is 12.6. The minimum atomic E-state index is -0.269. The highest BCUT2D eigenvalue weighted by Gasteiger charge is 2.09. The number of carbonyl (C=O) groups excluding carboxylic acids is 1. The number of anilines is 2. The molecule has 0 unspecified atom stereocenters. The molecule has 0 bridgehead atoms. The van der Waals surface area contributed by atoms with Gasteiger partial charge in [0.1, 0.15) is 5.75 Å². The molecule has 2 N–H and O–H groups in total. The summed E-state index contributed by atoms with van der Waals surface area (Å²) in [6, 6.07) is 15.4. The smallest absolute Gasteiger partial charge is 0.323 e. The second-order valence-electron chi connectivity index (χ2n) is 10.5. The Kier molecular flexibility index (Phi) is 15.4. The lowest BCUT2D eigenvalue weighted by Gasteiger charge is -2.15. The van der Waals surface area contributed by atoms with Gasteiger partial charge in [0.2, 0.25) is 0 Å². The third-order valence-corrected chi connectivity index (χ3v) is 7.89. The Labute approximate surface area is 241 Å². The van der Waals surface area contributed by atoms with Gasteiger partial charge in [-0.2, -0.15) is 0 Å². The van der Waals surface area contributed by atoms with Crippen molar-refractivity contribution in [3.63, 3.8) is 0 Å². The Bertz CT molecular complexity index is 964. The van der Waals surface area contributed by atoms with Crippen molar-refractivity contribution in [2.75, 3.05) is 23.1 Å². The van der Waals surface area contributed by atoms with Gasteiger partial charge in [-0.15, -0.1) is 11.8 Å². The molecule has 0 fully saturated rings. The van der Waals surface area contributed by atoms with Crippen LogP contribution in [0.2, 0.25) is 0 Å². The standard InChI is InChI=1S/C33H49N3O2S/c1-2-3-4-5-6-7-8-9-10-11-12-13-14-17-25-38-32-19-16-15-18-31(32)35-33(37)34-30-22-20-29(21-23-30)27-36-24-26-39-28-36/h15-16,18-24,26H,2-14,17,25,27-28H2,1H3,(H2,34,35,37). The summed E-state index contributed by atoms with van der Waals surface area (Å²) >= 11 is 1.80. The van der Waals surface area contributed by atoms with Crippen molar-refractivity contribution in [2.24, 2.45) is 0 Å². The molecule has 39 heavy (non-hydrogen) atoms. The van der Waals surface area contributed by atoms with E-state index in [0.29, 0.717) is 18.0 Å². The summed E-state index contributed by atoms with van der Waals surface area (Å²) in [5.74, 6) is 1.71. The zero-order valence-electron chi connectivity index (χ0n) is 24.0. The Morgan fingerprint density at radius 2 is 1.41 bits per heavy atom. The number of ether oxygens (including phenoxy) is 1. The quantitative estimate of drug-likeness (QED) is 0.161. The van der Waals surface area contributed by atoms with Crippen molar-refractivity contribution in [1.29, 1.82) is 0 Å². The number of nitrogens with zero attached hydrogens (tertiary/aromatic N) is 1. The fourth-order valence-corrected chi connectivity index (χ4v) is 5.51. The highest BCUT2D eigenvalue weighted by Crippen LogP contribution is 2.25. The predicted molar refractivity (Wildman–Crippen MR) is 168 cm³/mol. The summed E-state index contributed by atoms with van der Waals surface area (Å²) < 4.78 is 6.02. The zero-order chi connectivity index (χ0) is 27.4. The van der Waals surface area contributed by atoms with E-state index in [1.807, 2.05) is 36.4 Å². The van der Waals surface area contributed by atoms with Gasteiger partial charge in [0.05, 0.1) is 18.2 Å². The number of benzene rings is 2. The van der Waals surface area contributed by atoms with Crippen LogP contribution in [0.15, 0.2) is 60.1 Å². The first-order valence-corrected chi connectivity index (χ1v) is 16.2. The molecule has 1 heterocycles. The number of rotatable bonds is 20. The fourth-order valence-electron chi connectivity index (χ4n) is 4.80. The largest absolute Gasteiger partial charge is 0.491 e. The van der Waals surface area contributed by atoms with Crippen LogP contribution >= 0.6 is 11.8 Å². The molecule has 0 aromatic heterocycles. The molecule has 0 aliphatic carbocycles. The van der Waals surface area contributed by atoms with Gasteiger partial charge in [-0.3, -0.25) is 0 Å². The topological polar surface area (TPSA) is 53.6 Å². The average molecular weight is 552 g/mol. The van der Waals surface area contributed by atoms with Crippen LogP contribution < -0.4 is 15.4 Å². The van der Waals surface area contributed by atoms with Crippen molar-refractivity contribution < 1.29 is 9.53 Å². The van der Waals surface area contributed by atoms with Crippen LogP contribution in [0.4, 0.5) is 16.2 Å². The van der Waals surface area contributed by atoms with E-state index < -0.39 is 0 Å². The van der Waals surface area contributed by atoms with Crippen LogP contribution in [0.1, 0.15) is 102 Å². The molecule has 6 heteroatoms. The number of hydrogen-bond donors (Lipinski definition) is 2. The van der Waals surface area contributed by atoms with Crippen molar-refractivity contribution in [2.45, 2.75) is 103 Å². The highest BCUT2D eigenvalue weighted by atomic mass is 32.2. The first-order chi connectivity index (χ1) is 19.2. The van der Waals surface area contributed by atoms with Crippen molar-refractivity contribution in [3.05, 3.63) is 65.7 Å². The lowest BCUT2D eigenvalue weighted by Crippen LogP contribution is -2.20. The highest BCUT2D eigenvalue weighted by molar-refractivity contribution is 8.02. The van der Waals surface area contributed by atoms with Crippen molar-refractivity contribution in [1.82, 2.24) is 4.90 Å². The zero-order valence-corrected chi connectivity index (χ0v) is 24.8. The maximum absolute atomic E-state index is 12.6. The molecule has 5 nitrogen and oxygen atoms in total. The summed E-state index contributed by atoms with van der Waals surface area (Å²) in [6.07, 6.45) is 20.9. The Balaban J connectivity index is 1.24. The minimum Gasteiger partial charge on any atom is -0.491 e. The van der Waals surface area contributed by atoms with Gasteiger partial charge in [0.25, 0.3) is 0 Å². The average Bonchev–Trinajstić information content (AvgIpc) is 3.46. The van der Waals surface area contributed by atoms with E-state index in [9.17, 15) is 4.79 Å². The number of thioether (sulfide) groups is 1. The molecular formula is C33H49N3O2S. The van der Waals surface area contributed by atoms with E-state index in [4.69, 9.17) is 4.74 Å². The van der Waals surface area contributed by atoms with Crippen LogP contribution in [0, 0.1) is 0 Å². The van der Waals surface area contributed by atoms with E-state index in [2.05, 4.69) is 46.2 Å². The molecular weight excluding hydrogens is 502 g/mol. The second kappa shape index (κ2) is 19.5. The third kappa shape index (κ3) is 13.3. The Morgan fingerprint density at radius 1 is 0.795 bits per heavy atom. The third-order valence-electron chi connectivity index (χ3n) is 7.10. The van der Waals surface area contributed by atoms with E-state index in [1.165, 1.54) is 89.0 Å². The van der Waals surface area contributed by atoms with Crippen LogP contribution in [0.25, 0.3) is 0 Å². The number of carbonyl (C=O) groups is 1. The summed E-state index contributed by atoms with van der Waals surface area (Å²) in [5.41, 5.74) is 2.68. The maximum Gasteiger partial charge on any atom is 0.323 e. The molecule has 1 aliphatic rings. The molecule has 2 aromatic rings. The summed E-state index contributed by atoms with van der Waals surface area (Å²) in [5, 5.41) is 7.98. The summed E-state index contributed by atoms with van der Waals surface area (Å²) in [4.78, 5) is 14.9. The van der Waals surface area contributed by atoms with Gasteiger partial charge in [-0.05, 0) is 41.7 Å². The van der Waals surface area contributed by atoms with Gasteiger partial charge < -0.3 is 20.3 Å². The monoisotopic (exact) mass is 551 g/mol. The van der Waals surface area contributed by atoms with E-state index >= 15 is 0 Å². The molecule has 0 saturated carbocycles. The van der Waals surface area contributed by atoms with Crippen LogP contribution in [0.5, 0.6) is 5.75 Å². The van der Waals surface area contributed by atoms with Crippen molar-refractivity contribution >= 4 is 29.2 Å². The molecule has 0 saturated heterocycles. The predicted octanol–water partition coefficient (Wildman–Crippen LogP) is 10.2. The summed E-state index contributed by atoms with van der Waals surface area (Å²) in [7, 11) is 0. The van der Waals surface area contributed by atoms with Crippen LogP contribution in [0.3, 0.4) is 0 Å². The van der Waals surface area contributed by atoms with E-state index in [0.717, 1.165) is 24.5 Å². The number of urea groups is 1. The van der Waals surface area contributed by atoms with E-state index in [-0.39, 0.29) is 6.03 Å². The molecule has 214 valence electrons. The molecule has 2 amide bonds. The Morgan fingerprint density at radius 3 is 2.03 bits per heavy atom. The lowest BCUT2D eigenvalue weighted by atomic mass is 10.0. The fraction of sp³-hybridized carbons (Fsp3) is 0.545.